The largest absolute Gasteiger partial charge is 0.451 e. The van der Waals surface area contributed by atoms with Gasteiger partial charge in [-0.25, -0.2) is 9.59 Å². The average Bonchev–Trinajstić information content (AvgIpc) is 3.18. The molecule has 0 bridgehead atoms. The molecule has 9 heteroatoms. The van der Waals surface area contributed by atoms with Crippen LogP contribution in [0.15, 0.2) is 12.2 Å². The molecule has 1 unspecified atom stereocenters. The Morgan fingerprint density at radius 2 is 1.41 bits per heavy atom. The summed E-state index contributed by atoms with van der Waals surface area (Å²) in [5.41, 5.74) is 0. The van der Waals surface area contributed by atoms with Crippen molar-refractivity contribution in [3.05, 3.63) is 12.2 Å². The fourth-order valence-electron chi connectivity index (χ4n) is 3.89. The number of rotatable bonds is 20. The van der Waals surface area contributed by atoms with Crippen molar-refractivity contribution in [2.45, 2.75) is 142 Å². The first kappa shape index (κ1) is 32.6. The zero-order valence-corrected chi connectivity index (χ0v) is 23.0. The fourth-order valence-corrected chi connectivity index (χ4v) is 3.89. The number of ether oxygens (including phenoxy) is 2. The molecule has 0 saturated carbocycles. The molecule has 1 N–H and O–H groups in total. The summed E-state index contributed by atoms with van der Waals surface area (Å²) in [5.74, 6) is -2.93. The van der Waals surface area contributed by atoms with E-state index in [0.29, 0.717) is 11.5 Å². The normalized spacial score (nSPS) is 17.1. The Hall–Kier alpha value is -2.42. The zero-order valence-electron chi connectivity index (χ0n) is 23.0. The number of hydrogen-bond acceptors (Lipinski definition) is 8. The maximum absolute atomic E-state index is 12.1. The molecule has 0 aromatic rings. The number of aliphatic hydroxyl groups excluding tert-OH is 1. The zero-order chi connectivity index (χ0) is 27.5. The van der Waals surface area contributed by atoms with Gasteiger partial charge in [-0.1, -0.05) is 70.4 Å². The molecule has 1 fully saturated rings. The number of aliphatic hydroxyl groups is 1. The monoisotopic (exact) mass is 525 g/mol. The third-order valence-corrected chi connectivity index (χ3v) is 6.23. The van der Waals surface area contributed by atoms with Crippen molar-refractivity contribution < 1.29 is 38.6 Å². The van der Waals surface area contributed by atoms with Gasteiger partial charge in [0, 0.05) is 19.3 Å². The van der Waals surface area contributed by atoms with Gasteiger partial charge in [0.1, 0.15) is 0 Å². The van der Waals surface area contributed by atoms with Crippen LogP contribution in [0.2, 0.25) is 0 Å². The summed E-state index contributed by atoms with van der Waals surface area (Å²) < 4.78 is 10.1. The highest BCUT2D eigenvalue weighted by molar-refractivity contribution is 5.84. The Balaban J connectivity index is 2.05. The number of carbonyl (C=O) groups excluding carboxylic acids is 4. The molecule has 37 heavy (non-hydrogen) atoms. The van der Waals surface area contributed by atoms with Gasteiger partial charge in [-0.3, -0.25) is 9.59 Å². The molecular formula is C28H47NO8. The molecule has 1 amide bonds. The van der Waals surface area contributed by atoms with Gasteiger partial charge in [0.05, 0.1) is 0 Å². The molecule has 0 spiro atoms. The van der Waals surface area contributed by atoms with E-state index in [4.69, 9.17) is 14.3 Å². The van der Waals surface area contributed by atoms with E-state index in [1.165, 1.54) is 58.8 Å². The van der Waals surface area contributed by atoms with E-state index < -0.39 is 42.3 Å². The summed E-state index contributed by atoms with van der Waals surface area (Å²) in [7, 11) is 0. The van der Waals surface area contributed by atoms with Crippen LogP contribution in [0.3, 0.4) is 0 Å². The topological polar surface area (TPSA) is 119 Å². The first-order valence-electron chi connectivity index (χ1n) is 14.0. The maximum atomic E-state index is 12.1. The Bertz CT molecular complexity index is 723. The van der Waals surface area contributed by atoms with Crippen molar-refractivity contribution in [2.75, 3.05) is 0 Å². The summed E-state index contributed by atoms with van der Waals surface area (Å²) in [5, 5.41) is 10.2. The average molecular weight is 526 g/mol. The third-order valence-electron chi connectivity index (χ3n) is 6.23. The van der Waals surface area contributed by atoms with E-state index in [2.05, 4.69) is 19.1 Å². The summed E-state index contributed by atoms with van der Waals surface area (Å²) in [6.45, 7) is 4.88. The second kappa shape index (κ2) is 19.7. The number of esters is 2. The van der Waals surface area contributed by atoms with Gasteiger partial charge in [-0.2, -0.15) is 0 Å². The van der Waals surface area contributed by atoms with Gasteiger partial charge < -0.3 is 19.4 Å². The molecule has 9 nitrogen and oxygen atoms in total. The van der Waals surface area contributed by atoms with Crippen LogP contribution in [0.25, 0.3) is 0 Å². The molecular weight excluding hydrogens is 478 g/mol. The number of unbranched alkanes of at least 4 members (excludes halogenated alkanes) is 11. The highest BCUT2D eigenvalue weighted by Gasteiger charge is 2.35. The SMILES string of the molecule is CCCCCCCC/C=C\CCCCCCCC(=O)O[C@@H](C)C(=O)O[C@@H](C)C(=O)ON1C(=O)CCC1O. The fraction of sp³-hybridized carbons (Fsp3) is 0.786. The Labute approximate surface area is 221 Å². The van der Waals surface area contributed by atoms with Crippen LogP contribution >= 0.6 is 0 Å². The Kier molecular flexibility index (Phi) is 17.3. The second-order valence-electron chi connectivity index (χ2n) is 9.69. The van der Waals surface area contributed by atoms with E-state index >= 15 is 0 Å². The van der Waals surface area contributed by atoms with Crippen molar-refractivity contribution in [1.82, 2.24) is 5.06 Å². The predicted octanol–water partition coefficient (Wildman–Crippen LogP) is 5.29. The van der Waals surface area contributed by atoms with Crippen molar-refractivity contribution in [3.63, 3.8) is 0 Å². The van der Waals surface area contributed by atoms with Crippen molar-refractivity contribution in [1.29, 1.82) is 0 Å². The maximum Gasteiger partial charge on any atom is 0.372 e. The minimum Gasteiger partial charge on any atom is -0.451 e. The van der Waals surface area contributed by atoms with Crippen LogP contribution in [-0.2, 0) is 33.5 Å². The second-order valence-corrected chi connectivity index (χ2v) is 9.69. The minimum atomic E-state index is -1.33. The molecule has 0 aliphatic carbocycles. The van der Waals surface area contributed by atoms with Gasteiger partial charge in [-0.15, -0.1) is 5.06 Å². The molecule has 0 radical (unpaired) electrons. The number of hydrogen-bond donors (Lipinski definition) is 1. The lowest BCUT2D eigenvalue weighted by molar-refractivity contribution is -0.228. The lowest BCUT2D eigenvalue weighted by Crippen LogP contribution is -2.40. The highest BCUT2D eigenvalue weighted by atomic mass is 16.7. The van der Waals surface area contributed by atoms with Gasteiger partial charge in [-0.05, 0) is 46.0 Å². The minimum absolute atomic E-state index is 0.0618. The molecule has 1 saturated heterocycles. The summed E-state index contributed by atoms with van der Waals surface area (Å²) >= 11 is 0. The lowest BCUT2D eigenvalue weighted by Gasteiger charge is -2.21. The smallest absolute Gasteiger partial charge is 0.372 e. The van der Waals surface area contributed by atoms with E-state index in [9.17, 15) is 24.3 Å². The van der Waals surface area contributed by atoms with Crippen LogP contribution in [0.4, 0.5) is 0 Å². The first-order valence-corrected chi connectivity index (χ1v) is 14.0. The van der Waals surface area contributed by atoms with E-state index in [0.717, 1.165) is 32.1 Å². The Morgan fingerprint density at radius 3 is 1.97 bits per heavy atom. The standard InChI is InChI=1S/C28H47NO8/c1-4-5-6-7-8-9-10-11-12-13-14-15-16-17-18-19-26(32)35-22(2)27(33)36-23(3)28(34)37-29-24(30)20-21-25(29)31/h11-12,22-24,30H,4-10,13-21H2,1-3H3/b12-11-/t22-,23-,24?/m0/s1. The van der Waals surface area contributed by atoms with Crippen molar-refractivity contribution in [2.24, 2.45) is 0 Å². The number of hydroxylamine groups is 2. The number of nitrogens with zero attached hydrogens (tertiary/aromatic N) is 1. The molecule has 1 heterocycles. The number of carbonyl (C=O) groups is 4. The molecule has 1 aliphatic heterocycles. The van der Waals surface area contributed by atoms with Gasteiger partial charge in [0.15, 0.2) is 18.4 Å². The van der Waals surface area contributed by atoms with E-state index in [-0.39, 0.29) is 19.3 Å². The van der Waals surface area contributed by atoms with Crippen molar-refractivity contribution >= 4 is 23.8 Å². The Morgan fingerprint density at radius 1 is 0.865 bits per heavy atom. The molecule has 3 atom stereocenters. The quantitative estimate of drug-likeness (QED) is 0.129. The number of amides is 1. The van der Waals surface area contributed by atoms with Crippen LogP contribution in [0, 0.1) is 0 Å². The summed E-state index contributed by atoms with van der Waals surface area (Å²) in [4.78, 5) is 52.5. The molecule has 212 valence electrons. The van der Waals surface area contributed by atoms with Gasteiger partial charge >= 0.3 is 17.9 Å². The number of allylic oxidation sites excluding steroid dienone is 2. The molecule has 0 aromatic carbocycles. The molecule has 0 aromatic heterocycles. The van der Waals surface area contributed by atoms with Crippen LogP contribution in [0.5, 0.6) is 0 Å². The summed E-state index contributed by atoms with van der Waals surface area (Å²) in [6, 6.07) is 0. The van der Waals surface area contributed by atoms with Crippen LogP contribution < -0.4 is 0 Å². The lowest BCUT2D eigenvalue weighted by atomic mass is 10.1. The van der Waals surface area contributed by atoms with Gasteiger partial charge in [0.2, 0.25) is 0 Å². The summed E-state index contributed by atoms with van der Waals surface area (Å²) in [6.07, 6.45) is 16.4. The third kappa shape index (κ3) is 14.8. The molecule has 1 rings (SSSR count). The van der Waals surface area contributed by atoms with E-state index in [1.54, 1.807) is 0 Å². The predicted molar refractivity (Wildman–Crippen MR) is 139 cm³/mol. The highest BCUT2D eigenvalue weighted by Crippen LogP contribution is 2.17. The van der Waals surface area contributed by atoms with E-state index in [1.807, 2.05) is 0 Å². The van der Waals surface area contributed by atoms with Crippen LogP contribution in [-0.4, -0.2) is 52.4 Å². The first-order chi connectivity index (χ1) is 17.8. The van der Waals surface area contributed by atoms with Crippen LogP contribution in [0.1, 0.15) is 124 Å². The van der Waals surface area contributed by atoms with Gasteiger partial charge in [0.25, 0.3) is 5.91 Å². The van der Waals surface area contributed by atoms with Crippen molar-refractivity contribution in [3.8, 4) is 0 Å². The molecule has 1 aliphatic rings.